The van der Waals surface area contributed by atoms with Gasteiger partial charge < -0.3 is 52.4 Å². The Balaban J connectivity index is 1.81. The first-order valence-corrected chi connectivity index (χ1v) is 19.3. The molecule has 0 aromatic heterocycles. The van der Waals surface area contributed by atoms with Gasteiger partial charge in [0.2, 0.25) is 17.7 Å². The van der Waals surface area contributed by atoms with Crippen molar-refractivity contribution in [2.24, 2.45) is 17.4 Å². The Kier molecular flexibility index (Phi) is 19.0. The Bertz CT molecular complexity index is 1490. The van der Waals surface area contributed by atoms with Crippen molar-refractivity contribution in [1.29, 1.82) is 0 Å². The number of amides is 5. The lowest BCUT2D eigenvalue weighted by Crippen LogP contribution is -2.60. The third-order valence-electron chi connectivity index (χ3n) is 9.74. The van der Waals surface area contributed by atoms with Crippen molar-refractivity contribution in [3.63, 3.8) is 0 Å². The van der Waals surface area contributed by atoms with E-state index in [1.807, 2.05) is 74.5 Å². The molecule has 3 atom stereocenters. The summed E-state index contributed by atoms with van der Waals surface area (Å²) in [5.74, 6) is -2.52. The summed E-state index contributed by atoms with van der Waals surface area (Å²) in [6.45, 7) is 6.88. The molecule has 5 amide bonds. The maximum absolute atomic E-state index is 14.2. The molecule has 0 aliphatic carbocycles. The van der Waals surface area contributed by atoms with Gasteiger partial charge in [0.25, 0.3) is 0 Å². The number of piperidine rings is 1. The molecular weight excluding hydrogens is 704 g/mol. The van der Waals surface area contributed by atoms with Crippen LogP contribution in [0.2, 0.25) is 0 Å². The normalized spacial score (nSPS) is 15.4. The van der Waals surface area contributed by atoms with Gasteiger partial charge in [-0.25, -0.2) is 4.79 Å². The minimum Gasteiger partial charge on any atom is -0.480 e. The molecule has 2 aromatic carbocycles. The van der Waals surface area contributed by atoms with Crippen molar-refractivity contribution in [2.75, 3.05) is 53.0 Å². The number of ether oxygens (including phenoxy) is 1. The highest BCUT2D eigenvalue weighted by Gasteiger charge is 2.40. The molecule has 304 valence electrons. The van der Waals surface area contributed by atoms with Gasteiger partial charge in [0.1, 0.15) is 23.7 Å². The van der Waals surface area contributed by atoms with E-state index >= 15 is 0 Å². The fraction of sp³-hybridized carbons (Fsp3) is 0.575. The van der Waals surface area contributed by atoms with Gasteiger partial charge in [-0.05, 0) is 62.1 Å². The fourth-order valence-corrected chi connectivity index (χ4v) is 6.43. The van der Waals surface area contributed by atoms with E-state index in [2.05, 4.69) is 21.3 Å². The first-order chi connectivity index (χ1) is 26.4. The SMILES string of the molecule is COCCNCCN(Cc1ccccc1)C(=O)N[C@H](Cc1ccccc1)C(=O)N[C@H](CC(C)C)C(=O)N[C@H](CCCCN)C(=O)N1CCC(N)(C(=O)O)CC1. The minimum absolute atomic E-state index is 0.00707. The van der Waals surface area contributed by atoms with Gasteiger partial charge in [0.05, 0.1) is 6.61 Å². The van der Waals surface area contributed by atoms with Crippen molar-refractivity contribution >= 4 is 29.7 Å². The van der Waals surface area contributed by atoms with Crippen molar-refractivity contribution in [3.8, 4) is 0 Å². The number of carboxylic acid groups (broad SMARTS) is 1. The van der Waals surface area contributed by atoms with Gasteiger partial charge in [-0.15, -0.1) is 0 Å². The largest absolute Gasteiger partial charge is 0.480 e. The molecule has 2 aromatic rings. The zero-order chi connectivity index (χ0) is 40.2. The number of urea groups is 1. The van der Waals surface area contributed by atoms with Gasteiger partial charge in [-0.2, -0.15) is 0 Å². The van der Waals surface area contributed by atoms with Crippen LogP contribution >= 0.6 is 0 Å². The molecule has 0 unspecified atom stereocenters. The second kappa shape index (κ2) is 23.4. The summed E-state index contributed by atoms with van der Waals surface area (Å²) in [6, 6.07) is 15.5. The molecule has 55 heavy (non-hydrogen) atoms. The molecule has 15 nitrogen and oxygen atoms in total. The Morgan fingerprint density at radius 1 is 0.855 bits per heavy atom. The third kappa shape index (κ3) is 15.2. The summed E-state index contributed by atoms with van der Waals surface area (Å²) in [4.78, 5) is 70.8. The zero-order valence-electron chi connectivity index (χ0n) is 32.6. The van der Waals surface area contributed by atoms with Crippen LogP contribution in [0.5, 0.6) is 0 Å². The first-order valence-electron chi connectivity index (χ1n) is 19.3. The number of carboxylic acids is 1. The van der Waals surface area contributed by atoms with Crippen LogP contribution in [0.4, 0.5) is 4.79 Å². The number of nitrogens with zero attached hydrogens (tertiary/aromatic N) is 2. The molecule has 15 heteroatoms. The topological polar surface area (TPSA) is 221 Å². The highest BCUT2D eigenvalue weighted by atomic mass is 16.5. The number of hydrogen-bond acceptors (Lipinski definition) is 9. The van der Waals surface area contributed by atoms with E-state index in [4.69, 9.17) is 16.2 Å². The molecule has 9 N–H and O–H groups in total. The summed E-state index contributed by atoms with van der Waals surface area (Å²) < 4.78 is 5.12. The molecule has 0 radical (unpaired) electrons. The number of unbranched alkanes of at least 4 members (excludes halogenated alkanes) is 1. The summed E-state index contributed by atoms with van der Waals surface area (Å²) in [5.41, 5.74) is 12.1. The van der Waals surface area contributed by atoms with Crippen LogP contribution in [-0.4, -0.2) is 121 Å². The predicted octanol–water partition coefficient (Wildman–Crippen LogP) is 1.59. The number of nitrogens with one attached hydrogen (secondary N) is 4. The third-order valence-corrected chi connectivity index (χ3v) is 9.74. The highest BCUT2D eigenvalue weighted by molar-refractivity contribution is 5.94. The van der Waals surface area contributed by atoms with E-state index in [0.717, 1.165) is 11.1 Å². The number of methoxy groups -OCH3 is 1. The standard InChI is InChI=1S/C40H62N8O7/c1-29(2)26-33(35(49)44-32(16-10-11-19-41)37(51)47-22-17-40(42,18-23-47)38(52)53)45-36(50)34(27-30-12-6-4-7-13-30)46-39(54)48(24-20-43-21-25-55-3)28-31-14-8-5-9-15-31/h4-9,12-15,29,32-34,43H,10-11,16-28,41-42H2,1-3H3,(H,44,49)(H,45,50)(H,46,54)(H,52,53)/t32-,33-,34-/m1/s1. The van der Waals surface area contributed by atoms with Crippen molar-refractivity contribution in [2.45, 2.75) is 89.0 Å². The van der Waals surface area contributed by atoms with Gasteiger partial charge in [-0.1, -0.05) is 74.5 Å². The smallest absolute Gasteiger partial charge is 0.323 e. The van der Waals surface area contributed by atoms with Crippen molar-refractivity contribution in [3.05, 3.63) is 71.8 Å². The molecule has 0 bridgehead atoms. The maximum Gasteiger partial charge on any atom is 0.323 e. The van der Waals surface area contributed by atoms with Crippen molar-refractivity contribution < 1.29 is 33.8 Å². The lowest BCUT2D eigenvalue weighted by atomic mass is 9.88. The Morgan fingerprint density at radius 3 is 2.04 bits per heavy atom. The van der Waals surface area contributed by atoms with Gasteiger partial charge in [0, 0.05) is 52.8 Å². The quantitative estimate of drug-likeness (QED) is 0.0810. The fourth-order valence-electron chi connectivity index (χ4n) is 6.43. The average Bonchev–Trinajstić information content (AvgIpc) is 3.17. The Morgan fingerprint density at radius 2 is 1.45 bits per heavy atom. The number of benzene rings is 2. The summed E-state index contributed by atoms with van der Waals surface area (Å²) in [5, 5.41) is 21.6. The lowest BCUT2D eigenvalue weighted by Gasteiger charge is -2.38. The second-order valence-corrected chi connectivity index (χ2v) is 14.7. The van der Waals surface area contributed by atoms with Crippen LogP contribution in [0.3, 0.4) is 0 Å². The number of nitrogens with two attached hydrogens (primary N) is 2. The van der Waals surface area contributed by atoms with Crippen LogP contribution in [0.15, 0.2) is 60.7 Å². The van der Waals surface area contributed by atoms with Crippen molar-refractivity contribution in [1.82, 2.24) is 31.1 Å². The molecule has 0 spiro atoms. The summed E-state index contributed by atoms with van der Waals surface area (Å²) >= 11 is 0. The Hall–Kier alpha value is -4.57. The van der Waals surface area contributed by atoms with E-state index in [1.54, 1.807) is 12.0 Å². The van der Waals surface area contributed by atoms with Gasteiger partial charge in [0.15, 0.2) is 0 Å². The lowest BCUT2D eigenvalue weighted by molar-refractivity contribution is -0.148. The van der Waals surface area contributed by atoms with Crippen LogP contribution in [0, 0.1) is 5.92 Å². The molecule has 1 aliphatic rings. The van der Waals surface area contributed by atoms with Gasteiger partial charge in [-0.3, -0.25) is 19.2 Å². The van der Waals surface area contributed by atoms with Crippen LogP contribution in [0.1, 0.15) is 63.5 Å². The molecule has 1 aliphatic heterocycles. The molecule has 1 fully saturated rings. The molecule has 1 heterocycles. The summed E-state index contributed by atoms with van der Waals surface area (Å²) in [6.07, 6.45) is 2.16. The summed E-state index contributed by atoms with van der Waals surface area (Å²) in [7, 11) is 1.62. The number of aliphatic carboxylic acids is 1. The first kappa shape index (κ1) is 44.8. The molecule has 0 saturated carbocycles. The number of carbonyl (C=O) groups is 5. The molecule has 1 saturated heterocycles. The number of carbonyl (C=O) groups excluding carboxylic acids is 4. The van der Waals surface area contributed by atoms with E-state index in [9.17, 15) is 29.1 Å². The number of likely N-dealkylation sites (tertiary alicyclic amines) is 1. The van der Waals surface area contributed by atoms with E-state index in [-0.39, 0.29) is 50.6 Å². The highest BCUT2D eigenvalue weighted by Crippen LogP contribution is 2.21. The number of rotatable bonds is 23. The minimum atomic E-state index is -1.41. The van der Waals surface area contributed by atoms with E-state index < -0.39 is 47.5 Å². The molecule has 3 rings (SSSR count). The maximum atomic E-state index is 14.2. The van der Waals surface area contributed by atoms with Crippen LogP contribution < -0.4 is 32.7 Å². The number of hydrogen-bond donors (Lipinski definition) is 7. The average molecular weight is 767 g/mol. The van der Waals surface area contributed by atoms with E-state index in [1.165, 1.54) is 4.90 Å². The molecular formula is C40H62N8O7. The second-order valence-electron chi connectivity index (χ2n) is 14.7. The monoisotopic (exact) mass is 766 g/mol. The van der Waals surface area contributed by atoms with Crippen LogP contribution in [-0.2, 0) is 36.9 Å². The van der Waals surface area contributed by atoms with E-state index in [0.29, 0.717) is 58.6 Å². The Labute approximate surface area is 325 Å². The van der Waals surface area contributed by atoms with Gasteiger partial charge >= 0.3 is 12.0 Å². The van der Waals surface area contributed by atoms with Crippen LogP contribution in [0.25, 0.3) is 0 Å². The predicted molar refractivity (Wildman–Crippen MR) is 211 cm³/mol. The zero-order valence-corrected chi connectivity index (χ0v) is 32.6.